The van der Waals surface area contributed by atoms with Gasteiger partial charge in [-0.15, -0.1) is 0 Å². The van der Waals surface area contributed by atoms with Crippen LogP contribution < -0.4 is 5.32 Å². The van der Waals surface area contributed by atoms with Crippen LogP contribution >= 0.6 is 0 Å². The average Bonchev–Trinajstić information content (AvgIpc) is 2.27. The van der Waals surface area contributed by atoms with Crippen molar-refractivity contribution in [1.82, 2.24) is 10.2 Å². The van der Waals surface area contributed by atoms with Crippen molar-refractivity contribution in [3.05, 3.63) is 0 Å². The Bertz CT molecular complexity index is 231. The van der Waals surface area contributed by atoms with Gasteiger partial charge in [0.2, 0.25) is 0 Å². The van der Waals surface area contributed by atoms with Crippen molar-refractivity contribution in [3.63, 3.8) is 0 Å². The predicted molar refractivity (Wildman–Crippen MR) is 68.0 cm³/mol. The monoisotopic (exact) mass is 242 g/mol. The van der Waals surface area contributed by atoms with Crippen molar-refractivity contribution in [2.45, 2.75) is 31.4 Å². The molecular weight excluding hydrogens is 216 g/mol. The number of nitrogens with zero attached hydrogens (tertiary/aromatic N) is 1. The van der Waals surface area contributed by atoms with Crippen LogP contribution in [0.25, 0.3) is 0 Å². The minimum absolute atomic E-state index is 0.0310. The van der Waals surface area contributed by atoms with Gasteiger partial charge in [0.05, 0.1) is 12.7 Å². The summed E-state index contributed by atoms with van der Waals surface area (Å²) in [6.45, 7) is 3.98. The van der Waals surface area contributed by atoms with Crippen LogP contribution in [-0.2, 0) is 4.74 Å². The van der Waals surface area contributed by atoms with Gasteiger partial charge < -0.3 is 20.1 Å². The molecule has 0 bridgehead atoms. The van der Waals surface area contributed by atoms with Crippen molar-refractivity contribution in [1.29, 1.82) is 0 Å². The molecule has 2 fully saturated rings. The minimum Gasteiger partial charge on any atom is -0.393 e. The molecule has 2 atom stereocenters. The smallest absolute Gasteiger partial charge is 0.0546 e. The Morgan fingerprint density at radius 2 is 2.12 bits per heavy atom. The highest BCUT2D eigenvalue weighted by atomic mass is 16.5. The summed E-state index contributed by atoms with van der Waals surface area (Å²) in [6.07, 6.45) is 3.07. The van der Waals surface area contributed by atoms with Crippen LogP contribution in [0.4, 0.5) is 0 Å². The fraction of sp³-hybridized carbons (Fsp3) is 1.00. The summed E-state index contributed by atoms with van der Waals surface area (Å²) in [6, 6.07) is 0.596. The first-order valence-electron chi connectivity index (χ1n) is 6.80. The van der Waals surface area contributed by atoms with Crippen LogP contribution in [0.2, 0.25) is 0 Å². The number of rotatable bonds is 5. The van der Waals surface area contributed by atoms with Crippen LogP contribution in [0.5, 0.6) is 0 Å². The Balaban J connectivity index is 1.70. The fourth-order valence-corrected chi connectivity index (χ4v) is 3.12. The van der Waals surface area contributed by atoms with Gasteiger partial charge in [-0.25, -0.2) is 0 Å². The zero-order chi connectivity index (χ0) is 12.3. The molecule has 0 radical (unpaired) electrons. The SMILES string of the molecule is CNC1CCOCC1CN(C)CC1CC(O)C1. The Hall–Kier alpha value is -0.160. The van der Waals surface area contributed by atoms with Crippen molar-refractivity contribution in [2.24, 2.45) is 11.8 Å². The standard InChI is InChI=1S/C13H26N2O2/c1-14-13-3-4-17-9-11(13)8-15(2)7-10-5-12(16)6-10/h10-14,16H,3-9H2,1-2H3. The Kier molecular flexibility index (Phi) is 4.79. The van der Waals surface area contributed by atoms with E-state index in [1.54, 1.807) is 0 Å². The molecule has 0 amide bonds. The molecular formula is C13H26N2O2. The quantitative estimate of drug-likeness (QED) is 0.728. The van der Waals surface area contributed by atoms with Gasteiger partial charge in [-0.2, -0.15) is 0 Å². The molecule has 1 aliphatic carbocycles. The van der Waals surface area contributed by atoms with Gasteiger partial charge in [-0.3, -0.25) is 0 Å². The first kappa shape index (κ1) is 13.3. The average molecular weight is 242 g/mol. The molecule has 1 heterocycles. The van der Waals surface area contributed by atoms with Gasteiger partial charge in [0.15, 0.2) is 0 Å². The zero-order valence-corrected chi connectivity index (χ0v) is 11.1. The van der Waals surface area contributed by atoms with Crippen molar-refractivity contribution < 1.29 is 9.84 Å². The Morgan fingerprint density at radius 1 is 1.35 bits per heavy atom. The second kappa shape index (κ2) is 6.14. The maximum absolute atomic E-state index is 9.28. The lowest BCUT2D eigenvalue weighted by Gasteiger charge is -2.38. The number of nitrogens with one attached hydrogen (secondary N) is 1. The molecule has 2 aliphatic rings. The zero-order valence-electron chi connectivity index (χ0n) is 11.1. The molecule has 2 rings (SSSR count). The molecule has 1 saturated carbocycles. The summed E-state index contributed by atoms with van der Waals surface area (Å²) in [5, 5.41) is 12.7. The lowest BCUT2D eigenvalue weighted by molar-refractivity contribution is 0.00349. The van der Waals surface area contributed by atoms with E-state index >= 15 is 0 Å². The molecule has 1 saturated heterocycles. The van der Waals surface area contributed by atoms with Gasteiger partial charge in [0, 0.05) is 31.7 Å². The van der Waals surface area contributed by atoms with Crippen molar-refractivity contribution in [3.8, 4) is 0 Å². The topological polar surface area (TPSA) is 44.7 Å². The van der Waals surface area contributed by atoms with E-state index in [2.05, 4.69) is 17.3 Å². The summed E-state index contributed by atoms with van der Waals surface area (Å²) in [4.78, 5) is 2.40. The summed E-state index contributed by atoms with van der Waals surface area (Å²) in [7, 11) is 4.23. The molecule has 0 spiro atoms. The third-order valence-electron chi connectivity index (χ3n) is 4.17. The Labute approximate surface area is 104 Å². The van der Waals surface area contributed by atoms with Gasteiger partial charge in [-0.1, -0.05) is 0 Å². The molecule has 0 aromatic rings. The highest BCUT2D eigenvalue weighted by Gasteiger charge is 2.30. The van der Waals surface area contributed by atoms with Crippen LogP contribution in [0, 0.1) is 11.8 Å². The highest BCUT2D eigenvalue weighted by Crippen LogP contribution is 2.28. The first-order valence-corrected chi connectivity index (χ1v) is 6.80. The molecule has 2 unspecified atom stereocenters. The van der Waals surface area contributed by atoms with Crippen molar-refractivity contribution in [2.75, 3.05) is 40.4 Å². The van der Waals surface area contributed by atoms with Crippen LogP contribution in [0.1, 0.15) is 19.3 Å². The lowest BCUT2D eigenvalue weighted by Crippen LogP contribution is -2.47. The van der Waals surface area contributed by atoms with Gasteiger partial charge >= 0.3 is 0 Å². The summed E-state index contributed by atoms with van der Waals surface area (Å²) >= 11 is 0. The fourth-order valence-electron chi connectivity index (χ4n) is 3.12. The van der Waals surface area contributed by atoms with Gasteiger partial charge in [0.1, 0.15) is 0 Å². The maximum Gasteiger partial charge on any atom is 0.0546 e. The number of aliphatic hydroxyl groups is 1. The number of aliphatic hydroxyl groups excluding tert-OH is 1. The maximum atomic E-state index is 9.28. The van der Waals surface area contributed by atoms with E-state index in [9.17, 15) is 5.11 Å². The van der Waals surface area contributed by atoms with E-state index in [4.69, 9.17) is 4.74 Å². The molecule has 0 aromatic carbocycles. The Morgan fingerprint density at radius 3 is 2.76 bits per heavy atom. The summed E-state index contributed by atoms with van der Waals surface area (Å²) in [5.74, 6) is 1.30. The molecule has 0 aromatic heterocycles. The van der Waals surface area contributed by atoms with E-state index in [1.165, 1.54) is 0 Å². The van der Waals surface area contributed by atoms with Crippen LogP contribution in [0.15, 0.2) is 0 Å². The van der Waals surface area contributed by atoms with Crippen LogP contribution in [-0.4, -0.2) is 62.6 Å². The lowest BCUT2D eigenvalue weighted by atomic mass is 9.82. The third-order valence-corrected chi connectivity index (χ3v) is 4.17. The summed E-state index contributed by atoms with van der Waals surface area (Å²) < 4.78 is 5.57. The second-order valence-electron chi connectivity index (χ2n) is 5.73. The molecule has 1 aliphatic heterocycles. The highest BCUT2D eigenvalue weighted by molar-refractivity contribution is 4.84. The van der Waals surface area contributed by atoms with E-state index in [0.29, 0.717) is 17.9 Å². The molecule has 4 heteroatoms. The molecule has 100 valence electrons. The van der Waals surface area contributed by atoms with Crippen LogP contribution in [0.3, 0.4) is 0 Å². The van der Waals surface area contributed by atoms with Crippen molar-refractivity contribution >= 4 is 0 Å². The third kappa shape index (κ3) is 3.65. The largest absolute Gasteiger partial charge is 0.393 e. The predicted octanol–water partition coefficient (Wildman–Crippen LogP) is 0.314. The first-order chi connectivity index (χ1) is 8.19. The van der Waals surface area contributed by atoms with E-state index < -0.39 is 0 Å². The van der Waals surface area contributed by atoms with E-state index in [-0.39, 0.29) is 6.10 Å². The minimum atomic E-state index is -0.0310. The number of hydrogen-bond donors (Lipinski definition) is 2. The van der Waals surface area contributed by atoms with Gasteiger partial charge in [-0.05, 0) is 39.3 Å². The molecule has 17 heavy (non-hydrogen) atoms. The molecule has 2 N–H and O–H groups in total. The van der Waals surface area contributed by atoms with Gasteiger partial charge in [0.25, 0.3) is 0 Å². The summed E-state index contributed by atoms with van der Waals surface area (Å²) in [5.41, 5.74) is 0. The normalized spacial score (nSPS) is 38.1. The number of ether oxygens (including phenoxy) is 1. The van der Waals surface area contributed by atoms with E-state index in [0.717, 1.165) is 45.6 Å². The molecule has 4 nitrogen and oxygen atoms in total. The van der Waals surface area contributed by atoms with E-state index in [1.807, 2.05) is 7.05 Å². The second-order valence-corrected chi connectivity index (χ2v) is 5.73. The number of hydrogen-bond acceptors (Lipinski definition) is 4.